The molecule has 0 aliphatic heterocycles. The minimum atomic E-state index is -0.0861. The van der Waals surface area contributed by atoms with E-state index in [-0.39, 0.29) is 11.7 Å². The number of nitrogens with zero attached hydrogens (tertiary/aromatic N) is 3. The zero-order valence-electron chi connectivity index (χ0n) is 13.9. The molecule has 1 N–H and O–H groups in total. The van der Waals surface area contributed by atoms with Crippen molar-refractivity contribution in [1.82, 2.24) is 14.8 Å². The Morgan fingerprint density at radius 3 is 2.76 bits per heavy atom. The SMILES string of the molecule is Cc1cccc(-c2nnc(SCC(=O)Nc3ccccc3Br)n2C)c1. The minimum absolute atomic E-state index is 0.0861. The number of rotatable bonds is 5. The van der Waals surface area contributed by atoms with Gasteiger partial charge in [0, 0.05) is 17.1 Å². The van der Waals surface area contributed by atoms with Gasteiger partial charge in [0.1, 0.15) is 0 Å². The average Bonchev–Trinajstić information content (AvgIpc) is 2.96. The molecule has 7 heteroatoms. The van der Waals surface area contributed by atoms with Crippen molar-refractivity contribution < 1.29 is 4.79 Å². The second-order valence-corrected chi connectivity index (χ2v) is 7.35. The van der Waals surface area contributed by atoms with Crippen molar-refractivity contribution in [1.29, 1.82) is 0 Å². The Morgan fingerprint density at radius 1 is 1.20 bits per heavy atom. The third kappa shape index (κ3) is 4.29. The highest BCUT2D eigenvalue weighted by molar-refractivity contribution is 9.10. The summed E-state index contributed by atoms with van der Waals surface area (Å²) in [5.41, 5.74) is 2.94. The summed E-state index contributed by atoms with van der Waals surface area (Å²) < 4.78 is 2.76. The van der Waals surface area contributed by atoms with E-state index in [1.165, 1.54) is 17.3 Å². The highest BCUT2D eigenvalue weighted by Crippen LogP contribution is 2.24. The van der Waals surface area contributed by atoms with Crippen LogP contribution in [0.25, 0.3) is 11.4 Å². The van der Waals surface area contributed by atoms with Crippen molar-refractivity contribution in [2.24, 2.45) is 7.05 Å². The summed E-state index contributed by atoms with van der Waals surface area (Å²) in [6.45, 7) is 2.04. The van der Waals surface area contributed by atoms with Gasteiger partial charge in [-0.05, 0) is 41.1 Å². The summed E-state index contributed by atoms with van der Waals surface area (Å²) in [7, 11) is 1.91. The van der Waals surface area contributed by atoms with Crippen LogP contribution >= 0.6 is 27.7 Å². The number of carbonyl (C=O) groups is 1. The van der Waals surface area contributed by atoms with Crippen molar-refractivity contribution in [2.45, 2.75) is 12.1 Å². The maximum Gasteiger partial charge on any atom is 0.234 e. The van der Waals surface area contributed by atoms with Crippen LogP contribution in [0.5, 0.6) is 0 Å². The number of anilines is 1. The summed E-state index contributed by atoms with van der Waals surface area (Å²) in [6, 6.07) is 15.6. The molecule has 0 saturated heterocycles. The molecule has 1 heterocycles. The number of amides is 1. The lowest BCUT2D eigenvalue weighted by Gasteiger charge is -2.07. The number of halogens is 1. The van der Waals surface area contributed by atoms with Crippen molar-refractivity contribution in [3.63, 3.8) is 0 Å². The van der Waals surface area contributed by atoms with Crippen LogP contribution in [0.1, 0.15) is 5.56 Å². The lowest BCUT2D eigenvalue weighted by Crippen LogP contribution is -2.14. The van der Waals surface area contributed by atoms with E-state index in [9.17, 15) is 4.79 Å². The first-order chi connectivity index (χ1) is 12.0. The quantitative estimate of drug-likeness (QED) is 0.630. The lowest BCUT2D eigenvalue weighted by molar-refractivity contribution is -0.113. The molecule has 0 unspecified atom stereocenters. The Hall–Kier alpha value is -2.12. The van der Waals surface area contributed by atoms with Gasteiger partial charge in [-0.3, -0.25) is 4.79 Å². The average molecular weight is 417 g/mol. The van der Waals surface area contributed by atoms with Crippen LogP contribution < -0.4 is 5.32 Å². The summed E-state index contributed by atoms with van der Waals surface area (Å²) in [5.74, 6) is 0.968. The third-order valence-electron chi connectivity index (χ3n) is 3.59. The van der Waals surface area contributed by atoms with Crippen LogP contribution in [0, 0.1) is 6.92 Å². The van der Waals surface area contributed by atoms with E-state index in [1.807, 2.05) is 61.0 Å². The van der Waals surface area contributed by atoms with Crippen LogP contribution in [0.4, 0.5) is 5.69 Å². The zero-order chi connectivity index (χ0) is 17.8. The smallest absolute Gasteiger partial charge is 0.234 e. The molecule has 2 aromatic carbocycles. The van der Waals surface area contributed by atoms with Gasteiger partial charge in [0.05, 0.1) is 11.4 Å². The monoisotopic (exact) mass is 416 g/mol. The number of thioether (sulfide) groups is 1. The number of para-hydroxylation sites is 1. The predicted octanol–water partition coefficient (Wildman–Crippen LogP) is 4.28. The number of benzene rings is 2. The van der Waals surface area contributed by atoms with Gasteiger partial charge >= 0.3 is 0 Å². The molecule has 0 fully saturated rings. The fraction of sp³-hybridized carbons (Fsp3) is 0.167. The van der Waals surface area contributed by atoms with E-state index < -0.39 is 0 Å². The Morgan fingerprint density at radius 2 is 2.00 bits per heavy atom. The van der Waals surface area contributed by atoms with E-state index in [0.29, 0.717) is 5.16 Å². The molecule has 0 saturated carbocycles. The standard InChI is InChI=1S/C18H17BrN4OS/c1-12-6-5-7-13(10-12)17-21-22-18(23(17)2)25-11-16(24)20-15-9-4-3-8-14(15)19/h3-10H,11H2,1-2H3,(H,20,24). The minimum Gasteiger partial charge on any atom is -0.324 e. The Kier molecular flexibility index (Phi) is 5.55. The molecule has 0 spiro atoms. The van der Waals surface area contributed by atoms with E-state index in [0.717, 1.165) is 21.5 Å². The molecule has 0 radical (unpaired) electrons. The molecule has 0 bridgehead atoms. The molecule has 1 amide bonds. The first-order valence-electron chi connectivity index (χ1n) is 7.68. The molecule has 3 rings (SSSR count). The second-order valence-electron chi connectivity index (χ2n) is 5.55. The molecule has 128 valence electrons. The summed E-state index contributed by atoms with van der Waals surface area (Å²) in [5, 5.41) is 12.1. The largest absolute Gasteiger partial charge is 0.324 e. The van der Waals surface area contributed by atoms with Gasteiger partial charge in [-0.25, -0.2) is 0 Å². The highest BCUT2D eigenvalue weighted by Gasteiger charge is 2.13. The Bertz CT molecular complexity index is 910. The first-order valence-corrected chi connectivity index (χ1v) is 9.46. The lowest BCUT2D eigenvalue weighted by atomic mass is 10.1. The van der Waals surface area contributed by atoms with Gasteiger partial charge in [0.25, 0.3) is 0 Å². The molecular weight excluding hydrogens is 400 g/mol. The molecule has 25 heavy (non-hydrogen) atoms. The Labute approximate surface area is 159 Å². The van der Waals surface area contributed by atoms with Crippen molar-refractivity contribution in [2.75, 3.05) is 11.1 Å². The number of aryl methyl sites for hydroxylation is 1. The van der Waals surface area contributed by atoms with Crippen LogP contribution in [-0.2, 0) is 11.8 Å². The van der Waals surface area contributed by atoms with Gasteiger partial charge in [-0.1, -0.05) is 47.7 Å². The van der Waals surface area contributed by atoms with E-state index in [1.54, 1.807) is 0 Å². The second kappa shape index (κ2) is 7.84. The van der Waals surface area contributed by atoms with Gasteiger partial charge in [0.2, 0.25) is 5.91 Å². The Balaban J connectivity index is 1.66. The van der Waals surface area contributed by atoms with Crippen molar-refractivity contribution in [3.05, 3.63) is 58.6 Å². The molecule has 5 nitrogen and oxygen atoms in total. The summed E-state index contributed by atoms with van der Waals surface area (Å²) >= 11 is 4.78. The number of hydrogen-bond acceptors (Lipinski definition) is 4. The molecule has 1 aromatic heterocycles. The van der Waals surface area contributed by atoms with E-state index in [2.05, 4.69) is 37.5 Å². The van der Waals surface area contributed by atoms with Gasteiger partial charge in [0.15, 0.2) is 11.0 Å². The predicted molar refractivity (Wildman–Crippen MR) is 105 cm³/mol. The molecular formula is C18H17BrN4OS. The first kappa shape index (κ1) is 17.7. The topological polar surface area (TPSA) is 59.8 Å². The van der Waals surface area contributed by atoms with Gasteiger partial charge in [-0.2, -0.15) is 0 Å². The molecule has 0 aliphatic carbocycles. The van der Waals surface area contributed by atoms with Crippen LogP contribution in [0.3, 0.4) is 0 Å². The molecule has 0 aliphatic rings. The van der Waals surface area contributed by atoms with Crippen molar-refractivity contribution in [3.8, 4) is 11.4 Å². The van der Waals surface area contributed by atoms with E-state index >= 15 is 0 Å². The van der Waals surface area contributed by atoms with E-state index in [4.69, 9.17) is 0 Å². The normalized spacial score (nSPS) is 10.7. The van der Waals surface area contributed by atoms with Gasteiger partial charge < -0.3 is 9.88 Å². The zero-order valence-corrected chi connectivity index (χ0v) is 16.3. The maximum atomic E-state index is 12.2. The van der Waals surface area contributed by atoms with Crippen LogP contribution in [0.15, 0.2) is 58.2 Å². The number of aromatic nitrogens is 3. The molecule has 0 atom stereocenters. The highest BCUT2D eigenvalue weighted by atomic mass is 79.9. The fourth-order valence-electron chi connectivity index (χ4n) is 2.36. The third-order valence-corrected chi connectivity index (χ3v) is 5.30. The van der Waals surface area contributed by atoms with Crippen LogP contribution in [-0.4, -0.2) is 26.4 Å². The number of hydrogen-bond donors (Lipinski definition) is 1. The van der Waals surface area contributed by atoms with Crippen molar-refractivity contribution >= 4 is 39.3 Å². The summed E-state index contributed by atoms with van der Waals surface area (Å²) in [4.78, 5) is 12.2. The van der Waals surface area contributed by atoms with Crippen LogP contribution in [0.2, 0.25) is 0 Å². The number of nitrogens with one attached hydrogen (secondary N) is 1. The molecule has 3 aromatic rings. The van der Waals surface area contributed by atoms with Gasteiger partial charge in [-0.15, -0.1) is 10.2 Å². The fourth-order valence-corrected chi connectivity index (χ4v) is 3.45. The number of carbonyl (C=O) groups excluding carboxylic acids is 1. The maximum absolute atomic E-state index is 12.2. The summed E-state index contributed by atoms with van der Waals surface area (Å²) in [6.07, 6.45) is 0.